The molecule has 56 valence electrons. The van der Waals surface area contributed by atoms with E-state index in [0.717, 1.165) is 15.6 Å². The van der Waals surface area contributed by atoms with Crippen LogP contribution in [0.15, 0.2) is 16.6 Å². The van der Waals surface area contributed by atoms with Gasteiger partial charge in [-0.05, 0) is 37.1 Å². The van der Waals surface area contributed by atoms with Gasteiger partial charge in [-0.1, -0.05) is 15.9 Å². The Morgan fingerprint density at radius 2 is 1.55 bits per heavy atom. The zero-order chi connectivity index (χ0) is 7.72. The van der Waals surface area contributed by atoms with Crippen molar-refractivity contribution in [2.24, 2.45) is 0 Å². The quantitative estimate of drug-likeness (QED) is 0.670. The molecule has 0 radical (unpaired) electrons. The first-order valence-corrected chi connectivity index (χ1v) is 3.86. The summed E-state index contributed by atoms with van der Waals surface area (Å²) in [5.74, 6) is 0.332. The van der Waals surface area contributed by atoms with Gasteiger partial charge in [0.1, 0.15) is 5.75 Å². The van der Waals surface area contributed by atoms with Gasteiger partial charge in [0.05, 0.1) is 0 Å². The number of phenols is 1. The van der Waals surface area contributed by atoms with E-state index in [1.807, 2.05) is 13.8 Å². The van der Waals surface area contributed by atoms with Crippen molar-refractivity contribution in [3.8, 4) is 5.75 Å². The third kappa shape index (κ3) is 2.79. The van der Waals surface area contributed by atoms with Crippen LogP contribution in [0.4, 0.5) is 0 Å². The summed E-state index contributed by atoms with van der Waals surface area (Å²) in [4.78, 5) is 0. The molecule has 0 aliphatic heterocycles. The third-order valence-corrected chi connectivity index (χ3v) is 2.67. The van der Waals surface area contributed by atoms with Gasteiger partial charge in [0.2, 0.25) is 0 Å². The fourth-order valence-corrected chi connectivity index (χ4v) is 1.15. The molecular formula is C8H10BrNaO. The molecule has 0 aliphatic rings. The second-order valence-corrected chi connectivity index (χ2v) is 3.19. The molecule has 1 aromatic rings. The van der Waals surface area contributed by atoms with Crippen molar-refractivity contribution in [2.75, 3.05) is 0 Å². The predicted octanol–water partition coefficient (Wildman–Crippen LogP) is 2.12. The van der Waals surface area contributed by atoms with E-state index in [-0.39, 0.29) is 29.6 Å². The molecule has 0 aromatic heterocycles. The van der Waals surface area contributed by atoms with Gasteiger partial charge in [0.25, 0.3) is 0 Å². The van der Waals surface area contributed by atoms with E-state index in [1.165, 1.54) is 0 Å². The number of hydrogen-bond acceptors (Lipinski definition) is 1. The zero-order valence-corrected chi connectivity index (χ0v) is 7.57. The number of aryl methyl sites for hydroxylation is 2. The average Bonchev–Trinajstić information content (AvgIpc) is 1.82. The van der Waals surface area contributed by atoms with E-state index >= 15 is 0 Å². The van der Waals surface area contributed by atoms with Gasteiger partial charge >= 0.3 is 29.6 Å². The maximum atomic E-state index is 9.10. The van der Waals surface area contributed by atoms with Crippen LogP contribution in [-0.4, -0.2) is 34.7 Å². The molecule has 1 N–H and O–H groups in total. The molecule has 1 nitrogen and oxygen atoms in total. The number of benzene rings is 1. The van der Waals surface area contributed by atoms with E-state index in [1.54, 1.807) is 12.1 Å². The van der Waals surface area contributed by atoms with E-state index < -0.39 is 0 Å². The molecule has 0 aliphatic carbocycles. The first-order chi connectivity index (χ1) is 4.61. The van der Waals surface area contributed by atoms with Gasteiger partial charge in [-0.15, -0.1) is 0 Å². The molecule has 0 heterocycles. The summed E-state index contributed by atoms with van der Waals surface area (Å²) in [6, 6.07) is 3.47. The van der Waals surface area contributed by atoms with Crippen molar-refractivity contribution in [2.45, 2.75) is 13.8 Å². The van der Waals surface area contributed by atoms with Crippen LogP contribution in [0.2, 0.25) is 0 Å². The van der Waals surface area contributed by atoms with Gasteiger partial charge in [-0.25, -0.2) is 0 Å². The van der Waals surface area contributed by atoms with Crippen molar-refractivity contribution < 1.29 is 5.11 Å². The second kappa shape index (κ2) is 4.51. The summed E-state index contributed by atoms with van der Waals surface area (Å²) in [5, 5.41) is 9.10. The molecule has 0 saturated carbocycles. The Hall–Kier alpha value is 0.500. The average molecular weight is 225 g/mol. The van der Waals surface area contributed by atoms with Crippen LogP contribution in [0.5, 0.6) is 5.75 Å². The van der Waals surface area contributed by atoms with E-state index in [2.05, 4.69) is 15.9 Å². The van der Waals surface area contributed by atoms with Crippen LogP contribution in [0.3, 0.4) is 0 Å². The van der Waals surface area contributed by atoms with Crippen LogP contribution >= 0.6 is 15.9 Å². The third-order valence-electron chi connectivity index (χ3n) is 1.42. The van der Waals surface area contributed by atoms with Gasteiger partial charge in [-0.3, -0.25) is 0 Å². The molecule has 0 amide bonds. The molecule has 0 saturated heterocycles. The van der Waals surface area contributed by atoms with Crippen molar-refractivity contribution in [1.82, 2.24) is 0 Å². The van der Waals surface area contributed by atoms with Crippen molar-refractivity contribution in [3.63, 3.8) is 0 Å². The van der Waals surface area contributed by atoms with Gasteiger partial charge in [0.15, 0.2) is 0 Å². The van der Waals surface area contributed by atoms with Crippen LogP contribution in [0, 0.1) is 13.8 Å². The molecular weight excluding hydrogens is 215 g/mol. The van der Waals surface area contributed by atoms with Crippen molar-refractivity contribution >= 4 is 45.5 Å². The number of halogens is 1. The van der Waals surface area contributed by atoms with E-state index in [4.69, 9.17) is 5.11 Å². The SMILES string of the molecule is Cc1cc(O)cc(C)c1Br.[NaH]. The fourth-order valence-electron chi connectivity index (χ4n) is 0.923. The Morgan fingerprint density at radius 3 is 1.91 bits per heavy atom. The number of aromatic hydroxyl groups is 1. The van der Waals surface area contributed by atoms with Gasteiger partial charge in [0, 0.05) is 4.47 Å². The van der Waals surface area contributed by atoms with Gasteiger partial charge in [-0.2, -0.15) is 0 Å². The minimum atomic E-state index is 0. The van der Waals surface area contributed by atoms with Crippen LogP contribution in [-0.2, 0) is 0 Å². The monoisotopic (exact) mass is 224 g/mol. The summed E-state index contributed by atoms with van der Waals surface area (Å²) < 4.78 is 1.07. The number of phenolic OH excluding ortho intramolecular Hbond substituents is 1. The van der Waals surface area contributed by atoms with Crippen molar-refractivity contribution in [1.29, 1.82) is 0 Å². The second-order valence-electron chi connectivity index (χ2n) is 2.39. The summed E-state index contributed by atoms with van der Waals surface area (Å²) in [5.41, 5.74) is 2.13. The predicted molar refractivity (Wildman–Crippen MR) is 52.4 cm³/mol. The number of hydrogen-bond donors (Lipinski definition) is 1. The number of rotatable bonds is 0. The molecule has 11 heavy (non-hydrogen) atoms. The Labute approximate surface area is 97.2 Å². The molecule has 3 heteroatoms. The first-order valence-electron chi connectivity index (χ1n) is 3.07. The summed E-state index contributed by atoms with van der Waals surface area (Å²) in [6.07, 6.45) is 0. The molecule has 0 unspecified atom stereocenters. The minimum absolute atomic E-state index is 0. The normalized spacial score (nSPS) is 9.00. The summed E-state index contributed by atoms with van der Waals surface area (Å²) in [6.45, 7) is 3.91. The van der Waals surface area contributed by atoms with Crippen LogP contribution in [0.1, 0.15) is 11.1 Å². The fraction of sp³-hybridized carbons (Fsp3) is 0.250. The van der Waals surface area contributed by atoms with E-state index in [0.29, 0.717) is 5.75 Å². The molecule has 1 rings (SSSR count). The molecule has 0 bridgehead atoms. The van der Waals surface area contributed by atoms with Crippen molar-refractivity contribution in [3.05, 3.63) is 27.7 Å². The molecule has 1 aromatic carbocycles. The topological polar surface area (TPSA) is 20.2 Å². The maximum absolute atomic E-state index is 9.10. The summed E-state index contributed by atoms with van der Waals surface area (Å²) >= 11 is 3.40. The molecule has 0 spiro atoms. The van der Waals surface area contributed by atoms with Gasteiger partial charge < -0.3 is 5.11 Å². The van der Waals surface area contributed by atoms with Crippen LogP contribution < -0.4 is 0 Å². The Bertz CT molecular complexity index is 237. The summed E-state index contributed by atoms with van der Waals surface area (Å²) in [7, 11) is 0. The molecule has 0 atom stereocenters. The van der Waals surface area contributed by atoms with E-state index in [9.17, 15) is 0 Å². The Balaban J connectivity index is 0.000001000. The zero-order valence-electron chi connectivity index (χ0n) is 5.98. The van der Waals surface area contributed by atoms with Crippen LogP contribution in [0.25, 0.3) is 0 Å². The Kier molecular flexibility index (Phi) is 4.71. The first kappa shape index (κ1) is 11.5. The Morgan fingerprint density at radius 1 is 1.18 bits per heavy atom. The molecule has 0 fully saturated rings. The standard InChI is InChI=1S/C8H9BrO.Na.H/c1-5-3-7(10)4-6(2)8(5)9;;/h3-4,10H,1-2H3;;.